The Morgan fingerprint density at radius 1 is 0.862 bits per heavy atom. The number of hydrogen-bond acceptors (Lipinski definition) is 3. The van der Waals surface area contributed by atoms with Crippen LogP contribution in [0.3, 0.4) is 0 Å². The van der Waals surface area contributed by atoms with E-state index in [0.717, 1.165) is 11.3 Å². The Morgan fingerprint density at radius 3 is 2.28 bits per heavy atom. The zero-order valence-electron chi connectivity index (χ0n) is 18.0. The first-order valence-electron chi connectivity index (χ1n) is 10.4. The van der Waals surface area contributed by atoms with Crippen molar-refractivity contribution in [2.75, 3.05) is 0 Å². The third-order valence-electron chi connectivity index (χ3n) is 5.64. The van der Waals surface area contributed by atoms with Gasteiger partial charge in [0.15, 0.2) is 0 Å². The van der Waals surface area contributed by atoms with Crippen LogP contribution in [-0.4, -0.2) is 15.0 Å². The molecule has 0 saturated heterocycles. The minimum Gasteiger partial charge on any atom is -0.264 e. The van der Waals surface area contributed by atoms with Crippen LogP contribution in [0.25, 0.3) is 0 Å². The van der Waals surface area contributed by atoms with Crippen LogP contribution in [0.2, 0.25) is 0 Å². The van der Waals surface area contributed by atoms with E-state index < -0.39 is 0 Å². The minimum atomic E-state index is -0.182. The normalized spacial score (nSPS) is 13.5. The highest BCUT2D eigenvalue weighted by Gasteiger charge is 2.19. The van der Waals surface area contributed by atoms with Gasteiger partial charge in [0.1, 0.15) is 5.82 Å². The van der Waals surface area contributed by atoms with Crippen LogP contribution >= 0.6 is 0 Å². The molecule has 0 saturated carbocycles. The molecule has 3 rings (SSSR count). The molecule has 3 nitrogen and oxygen atoms in total. The number of halogens is 1. The van der Waals surface area contributed by atoms with Crippen molar-refractivity contribution < 1.29 is 4.39 Å². The standard InChI is InChI=1S/C25H30FN3/c1-16(2)20-6-10-28-21(14-20)12-17(3)23-8-11-29-24(25(23)26)13-18(4)22-7-9-27-15-19(22)5/h6-11,14-18H,12-13H2,1-5H3. The largest absolute Gasteiger partial charge is 0.264 e. The summed E-state index contributed by atoms with van der Waals surface area (Å²) in [5.41, 5.74) is 5.82. The highest BCUT2D eigenvalue weighted by molar-refractivity contribution is 5.30. The van der Waals surface area contributed by atoms with Crippen molar-refractivity contribution in [2.24, 2.45) is 0 Å². The predicted molar refractivity (Wildman–Crippen MR) is 116 cm³/mol. The van der Waals surface area contributed by atoms with Gasteiger partial charge in [0.05, 0.1) is 5.69 Å². The summed E-state index contributed by atoms with van der Waals surface area (Å²) in [5.74, 6) is 0.479. The molecule has 0 aliphatic carbocycles. The van der Waals surface area contributed by atoms with Gasteiger partial charge in [-0.15, -0.1) is 0 Å². The summed E-state index contributed by atoms with van der Waals surface area (Å²) in [6.45, 7) is 10.6. The van der Waals surface area contributed by atoms with Gasteiger partial charge in [-0.3, -0.25) is 15.0 Å². The molecule has 0 bridgehead atoms. The van der Waals surface area contributed by atoms with E-state index in [1.165, 1.54) is 11.1 Å². The monoisotopic (exact) mass is 391 g/mol. The van der Waals surface area contributed by atoms with Crippen molar-refractivity contribution >= 4 is 0 Å². The molecule has 0 radical (unpaired) electrons. The molecule has 0 amide bonds. The number of nitrogens with zero attached hydrogens (tertiary/aromatic N) is 3. The van der Waals surface area contributed by atoms with E-state index in [1.54, 1.807) is 18.5 Å². The molecule has 0 spiro atoms. The molecule has 3 aromatic rings. The first-order chi connectivity index (χ1) is 13.9. The lowest BCUT2D eigenvalue weighted by Crippen LogP contribution is -2.09. The molecule has 0 aliphatic heterocycles. The Labute approximate surface area is 173 Å². The smallest absolute Gasteiger partial charge is 0.148 e. The lowest BCUT2D eigenvalue weighted by atomic mass is 9.90. The summed E-state index contributed by atoms with van der Waals surface area (Å²) >= 11 is 0. The number of rotatable bonds is 7. The average Bonchev–Trinajstić information content (AvgIpc) is 2.70. The lowest BCUT2D eigenvalue weighted by molar-refractivity contribution is 0.551. The number of aryl methyl sites for hydroxylation is 1. The van der Waals surface area contributed by atoms with Crippen molar-refractivity contribution in [1.82, 2.24) is 15.0 Å². The minimum absolute atomic E-state index is 0.0321. The molecule has 0 aromatic carbocycles. The molecular weight excluding hydrogens is 361 g/mol. The fraction of sp³-hybridized carbons (Fsp3) is 0.400. The maximum absolute atomic E-state index is 15.3. The summed E-state index contributed by atoms with van der Waals surface area (Å²) in [6.07, 6.45) is 8.50. The van der Waals surface area contributed by atoms with E-state index in [2.05, 4.69) is 48.7 Å². The fourth-order valence-electron chi connectivity index (χ4n) is 3.86. The van der Waals surface area contributed by atoms with Crippen LogP contribution in [0, 0.1) is 12.7 Å². The molecule has 2 atom stereocenters. The van der Waals surface area contributed by atoms with Gasteiger partial charge in [0.2, 0.25) is 0 Å². The van der Waals surface area contributed by atoms with Gasteiger partial charge >= 0.3 is 0 Å². The second-order valence-electron chi connectivity index (χ2n) is 8.34. The summed E-state index contributed by atoms with van der Waals surface area (Å²) in [7, 11) is 0. The van der Waals surface area contributed by atoms with Crippen molar-refractivity contribution in [3.8, 4) is 0 Å². The third-order valence-corrected chi connectivity index (χ3v) is 5.64. The van der Waals surface area contributed by atoms with Gasteiger partial charge < -0.3 is 0 Å². The van der Waals surface area contributed by atoms with Crippen molar-refractivity contribution in [3.63, 3.8) is 0 Å². The van der Waals surface area contributed by atoms with E-state index in [-0.39, 0.29) is 17.7 Å². The van der Waals surface area contributed by atoms with Crippen LogP contribution in [0.4, 0.5) is 4.39 Å². The predicted octanol–water partition coefficient (Wildman–Crippen LogP) is 6.13. The highest BCUT2D eigenvalue weighted by Crippen LogP contribution is 2.28. The molecule has 3 aromatic heterocycles. The Balaban J connectivity index is 1.79. The zero-order valence-corrected chi connectivity index (χ0v) is 18.0. The lowest BCUT2D eigenvalue weighted by Gasteiger charge is -2.18. The van der Waals surface area contributed by atoms with E-state index >= 15 is 4.39 Å². The molecule has 4 heteroatoms. The Morgan fingerprint density at radius 2 is 1.55 bits per heavy atom. The third kappa shape index (κ3) is 5.06. The van der Waals surface area contributed by atoms with E-state index in [1.807, 2.05) is 31.5 Å². The SMILES string of the molecule is Cc1cnccc1C(C)Cc1nccc(C(C)Cc2cc(C(C)C)ccn2)c1F. The van der Waals surface area contributed by atoms with Gasteiger partial charge in [-0.05, 0) is 84.0 Å². The number of pyridine rings is 3. The summed E-state index contributed by atoms with van der Waals surface area (Å²) in [6, 6.07) is 8.00. The van der Waals surface area contributed by atoms with Gasteiger partial charge in [-0.25, -0.2) is 4.39 Å². The van der Waals surface area contributed by atoms with Crippen LogP contribution in [0.15, 0.2) is 49.1 Å². The summed E-state index contributed by atoms with van der Waals surface area (Å²) in [5, 5.41) is 0. The van der Waals surface area contributed by atoms with Gasteiger partial charge in [0, 0.05) is 30.5 Å². The van der Waals surface area contributed by atoms with Gasteiger partial charge in [-0.2, -0.15) is 0 Å². The van der Waals surface area contributed by atoms with Crippen LogP contribution in [0.5, 0.6) is 0 Å². The topological polar surface area (TPSA) is 38.7 Å². The molecular formula is C25H30FN3. The fourth-order valence-corrected chi connectivity index (χ4v) is 3.86. The Hall–Kier alpha value is -2.62. The van der Waals surface area contributed by atoms with Crippen LogP contribution in [0.1, 0.15) is 79.1 Å². The second-order valence-corrected chi connectivity index (χ2v) is 8.34. The number of hydrogen-bond donors (Lipinski definition) is 0. The first-order valence-corrected chi connectivity index (χ1v) is 10.4. The molecule has 0 N–H and O–H groups in total. The van der Waals surface area contributed by atoms with Gasteiger partial charge in [0.25, 0.3) is 0 Å². The zero-order chi connectivity index (χ0) is 21.0. The van der Waals surface area contributed by atoms with Gasteiger partial charge in [-0.1, -0.05) is 27.7 Å². The maximum atomic E-state index is 15.3. The van der Waals surface area contributed by atoms with E-state index in [9.17, 15) is 0 Å². The maximum Gasteiger partial charge on any atom is 0.148 e. The quantitative estimate of drug-likeness (QED) is 0.486. The summed E-state index contributed by atoms with van der Waals surface area (Å²) < 4.78 is 15.3. The van der Waals surface area contributed by atoms with Crippen LogP contribution in [-0.2, 0) is 12.8 Å². The molecule has 0 fully saturated rings. The van der Waals surface area contributed by atoms with E-state index in [4.69, 9.17) is 0 Å². The Kier molecular flexibility index (Phi) is 6.73. The average molecular weight is 392 g/mol. The van der Waals surface area contributed by atoms with Crippen molar-refractivity contribution in [3.05, 3.63) is 88.5 Å². The molecule has 2 unspecified atom stereocenters. The molecule has 152 valence electrons. The van der Waals surface area contributed by atoms with Crippen LogP contribution < -0.4 is 0 Å². The molecule has 0 aliphatic rings. The van der Waals surface area contributed by atoms with E-state index in [0.29, 0.717) is 30.0 Å². The second kappa shape index (κ2) is 9.25. The number of aromatic nitrogens is 3. The Bertz CT molecular complexity index is 968. The molecule has 29 heavy (non-hydrogen) atoms. The summed E-state index contributed by atoms with van der Waals surface area (Å²) in [4.78, 5) is 13.0. The van der Waals surface area contributed by atoms with Crippen molar-refractivity contribution in [1.29, 1.82) is 0 Å². The molecule has 3 heterocycles. The highest BCUT2D eigenvalue weighted by atomic mass is 19.1. The first kappa shape index (κ1) is 21.1. The van der Waals surface area contributed by atoms with Crippen molar-refractivity contribution in [2.45, 2.75) is 65.2 Å².